The second-order valence-corrected chi connectivity index (χ2v) is 9.82. The lowest BCUT2D eigenvalue weighted by Crippen LogP contribution is -2.47. The number of fused-ring (bicyclic) bond motifs is 1. The molecule has 1 saturated heterocycles. The van der Waals surface area contributed by atoms with Gasteiger partial charge in [-0.15, -0.1) is 0 Å². The van der Waals surface area contributed by atoms with Crippen molar-refractivity contribution in [2.24, 2.45) is 16.5 Å². The Morgan fingerprint density at radius 3 is 2.26 bits per heavy atom. The first-order valence-electron chi connectivity index (χ1n) is 10.4. The maximum Gasteiger partial charge on any atom is 0.294 e. The van der Waals surface area contributed by atoms with Crippen molar-refractivity contribution in [3.8, 4) is 0 Å². The molecule has 2 heterocycles. The van der Waals surface area contributed by atoms with Crippen LogP contribution in [-0.2, 0) is 10.1 Å². The average molecular weight is 507 g/mol. The van der Waals surface area contributed by atoms with Gasteiger partial charge >= 0.3 is 0 Å². The Hall–Kier alpha value is -3.12. The van der Waals surface area contributed by atoms with Crippen LogP contribution in [0, 0.1) is 6.92 Å². The van der Waals surface area contributed by atoms with Crippen LogP contribution in [0.25, 0.3) is 10.9 Å². The van der Waals surface area contributed by atoms with Crippen molar-refractivity contribution in [1.82, 2.24) is 14.8 Å². The van der Waals surface area contributed by atoms with Crippen LogP contribution in [0.5, 0.6) is 0 Å². The number of nitrogens with one attached hydrogen (secondary N) is 1. The molecule has 0 saturated carbocycles. The van der Waals surface area contributed by atoms with Gasteiger partial charge in [0, 0.05) is 31.6 Å². The highest BCUT2D eigenvalue weighted by atomic mass is 35.5. The van der Waals surface area contributed by atoms with Crippen LogP contribution in [0.3, 0.4) is 0 Å². The second kappa shape index (κ2) is 10.4. The van der Waals surface area contributed by atoms with Gasteiger partial charge in [-0.2, -0.15) is 8.42 Å². The smallest absolute Gasteiger partial charge is 0.294 e. The summed E-state index contributed by atoms with van der Waals surface area (Å²) in [5, 5.41) is 1.27. The quantitative estimate of drug-likeness (QED) is 0.241. The summed E-state index contributed by atoms with van der Waals surface area (Å²) in [4.78, 5) is 23.7. The molecular formula is C22H27ClN6O4S. The van der Waals surface area contributed by atoms with Gasteiger partial charge in [0.2, 0.25) is 0 Å². The van der Waals surface area contributed by atoms with Crippen LogP contribution in [0.2, 0.25) is 5.02 Å². The zero-order valence-corrected chi connectivity index (χ0v) is 20.4. The highest BCUT2D eigenvalue weighted by molar-refractivity contribution is 7.85. The summed E-state index contributed by atoms with van der Waals surface area (Å²) in [7, 11) is -1.97. The first-order chi connectivity index (χ1) is 15.9. The SMILES string of the molecule is CN1CCN(C(=O)c2cc3cc(N=C(N)N)cc(Cl)c3[nH]2)CC1.Cc1ccc(S(=O)(=O)O)cc1. The fourth-order valence-electron chi connectivity index (χ4n) is 3.40. The number of hydrogen-bond donors (Lipinski definition) is 4. The van der Waals surface area contributed by atoms with E-state index in [9.17, 15) is 13.2 Å². The summed E-state index contributed by atoms with van der Waals surface area (Å²) in [6.07, 6.45) is 0. The van der Waals surface area contributed by atoms with E-state index >= 15 is 0 Å². The molecule has 3 aromatic rings. The van der Waals surface area contributed by atoms with Gasteiger partial charge in [-0.3, -0.25) is 9.35 Å². The number of aromatic nitrogens is 1. The number of carbonyl (C=O) groups is 1. The molecule has 4 rings (SSSR count). The topological polar surface area (TPSA) is 158 Å². The molecule has 0 radical (unpaired) electrons. The Kier molecular flexibility index (Phi) is 7.82. The third-order valence-corrected chi connectivity index (χ3v) is 6.43. The first kappa shape index (κ1) is 25.5. The van der Waals surface area contributed by atoms with Crippen LogP contribution < -0.4 is 11.5 Å². The molecule has 6 N–H and O–H groups in total. The highest BCUT2D eigenvalue weighted by Crippen LogP contribution is 2.30. The number of halogens is 1. The first-order valence-corrected chi connectivity index (χ1v) is 12.2. The number of likely N-dealkylation sites (N-methyl/N-ethyl adjacent to an activating group) is 1. The molecule has 0 aliphatic carbocycles. The monoisotopic (exact) mass is 506 g/mol. The number of aryl methyl sites for hydroxylation is 1. The van der Waals surface area contributed by atoms with E-state index in [4.69, 9.17) is 27.6 Å². The van der Waals surface area contributed by atoms with E-state index in [1.807, 2.05) is 11.8 Å². The summed E-state index contributed by atoms with van der Waals surface area (Å²) in [5.74, 6) is -0.0570. The van der Waals surface area contributed by atoms with Gasteiger partial charge in [-0.25, -0.2) is 4.99 Å². The van der Waals surface area contributed by atoms with Crippen LogP contribution in [0.1, 0.15) is 16.1 Å². The van der Waals surface area contributed by atoms with Gasteiger partial charge in [0.1, 0.15) is 5.69 Å². The number of guanidine groups is 1. The summed E-state index contributed by atoms with van der Waals surface area (Å²) in [6.45, 7) is 5.03. The van der Waals surface area contributed by atoms with E-state index in [1.54, 1.807) is 30.3 Å². The molecule has 1 aromatic heterocycles. The lowest BCUT2D eigenvalue weighted by Gasteiger charge is -2.32. The zero-order chi connectivity index (χ0) is 25.0. The molecule has 182 valence electrons. The minimum atomic E-state index is -4.02. The summed E-state index contributed by atoms with van der Waals surface area (Å²) in [5.41, 5.74) is 13.5. The summed E-state index contributed by atoms with van der Waals surface area (Å²) < 4.78 is 29.6. The van der Waals surface area contributed by atoms with Crippen molar-refractivity contribution in [3.05, 3.63) is 58.7 Å². The molecule has 12 heteroatoms. The fraction of sp³-hybridized carbons (Fsp3) is 0.273. The van der Waals surface area contributed by atoms with E-state index in [-0.39, 0.29) is 16.8 Å². The van der Waals surface area contributed by atoms with Crippen LogP contribution in [0.15, 0.2) is 52.4 Å². The van der Waals surface area contributed by atoms with Crippen molar-refractivity contribution in [1.29, 1.82) is 0 Å². The maximum absolute atomic E-state index is 12.6. The van der Waals surface area contributed by atoms with Gasteiger partial charge in [0.05, 0.1) is 21.1 Å². The molecule has 0 spiro atoms. The molecule has 2 aromatic carbocycles. The molecule has 0 unspecified atom stereocenters. The lowest BCUT2D eigenvalue weighted by atomic mass is 10.2. The Morgan fingerprint density at radius 1 is 1.09 bits per heavy atom. The number of nitrogens with two attached hydrogens (primary N) is 2. The Morgan fingerprint density at radius 2 is 1.71 bits per heavy atom. The molecule has 1 fully saturated rings. The Balaban J connectivity index is 0.000000248. The molecule has 0 atom stereocenters. The van der Waals surface area contributed by atoms with E-state index in [2.05, 4.69) is 21.9 Å². The van der Waals surface area contributed by atoms with Gasteiger partial charge in [-0.1, -0.05) is 29.3 Å². The minimum absolute atomic E-state index is 0.0197. The number of piperazine rings is 1. The van der Waals surface area contributed by atoms with Crippen molar-refractivity contribution in [2.75, 3.05) is 33.2 Å². The van der Waals surface area contributed by atoms with Crippen LogP contribution in [-0.4, -0.2) is 72.8 Å². The van der Waals surface area contributed by atoms with Crippen molar-refractivity contribution < 1.29 is 17.8 Å². The molecule has 34 heavy (non-hydrogen) atoms. The van der Waals surface area contributed by atoms with Gasteiger partial charge < -0.3 is 26.3 Å². The number of aliphatic imine (C=N–C) groups is 1. The van der Waals surface area contributed by atoms with E-state index in [0.29, 0.717) is 21.9 Å². The van der Waals surface area contributed by atoms with Crippen LogP contribution >= 0.6 is 11.6 Å². The third-order valence-electron chi connectivity index (χ3n) is 5.26. The molecule has 1 aliphatic heterocycles. The Bertz CT molecular complexity index is 1310. The minimum Gasteiger partial charge on any atom is -0.370 e. The second-order valence-electron chi connectivity index (χ2n) is 8.00. The van der Waals surface area contributed by atoms with Gasteiger partial charge in [0.15, 0.2) is 5.96 Å². The lowest BCUT2D eigenvalue weighted by molar-refractivity contribution is 0.0659. The highest BCUT2D eigenvalue weighted by Gasteiger charge is 2.22. The van der Waals surface area contributed by atoms with Crippen LogP contribution in [0.4, 0.5) is 5.69 Å². The van der Waals surface area contributed by atoms with Crippen molar-refractivity contribution in [3.63, 3.8) is 0 Å². The standard InChI is InChI=1S/C15H19ClN6O.C7H8O3S/c1-21-2-4-22(5-3-21)14(23)12-7-9-6-10(19-15(17)18)8-11(16)13(9)20-12;1-6-2-4-7(5-3-6)11(8,9)10/h6-8,20H,2-5H2,1H3,(H4,17,18,19);2-5H,1H3,(H,8,9,10). The van der Waals surface area contributed by atoms with Crippen molar-refractivity contribution >= 4 is 50.2 Å². The number of benzene rings is 2. The molecule has 1 aliphatic rings. The number of nitrogens with zero attached hydrogens (tertiary/aromatic N) is 3. The predicted octanol–water partition coefficient (Wildman–Crippen LogP) is 2.36. The third kappa shape index (κ3) is 6.48. The van der Waals surface area contributed by atoms with E-state index < -0.39 is 10.1 Å². The average Bonchev–Trinajstić information content (AvgIpc) is 3.18. The number of rotatable bonds is 3. The summed E-state index contributed by atoms with van der Waals surface area (Å²) in [6, 6.07) is 11.2. The summed E-state index contributed by atoms with van der Waals surface area (Å²) >= 11 is 6.25. The molecular weight excluding hydrogens is 480 g/mol. The zero-order valence-electron chi connectivity index (χ0n) is 18.8. The van der Waals surface area contributed by atoms with E-state index in [0.717, 1.165) is 37.1 Å². The van der Waals surface area contributed by atoms with Gasteiger partial charge in [-0.05, 0) is 44.3 Å². The van der Waals surface area contributed by atoms with Gasteiger partial charge in [0.25, 0.3) is 16.0 Å². The maximum atomic E-state index is 12.6. The largest absolute Gasteiger partial charge is 0.370 e. The number of hydrogen-bond acceptors (Lipinski definition) is 5. The normalized spacial score (nSPS) is 14.4. The predicted molar refractivity (Wildman–Crippen MR) is 133 cm³/mol. The van der Waals surface area contributed by atoms with Crippen molar-refractivity contribution in [2.45, 2.75) is 11.8 Å². The molecule has 10 nitrogen and oxygen atoms in total. The number of amides is 1. The Labute approximate surface area is 202 Å². The van der Waals surface area contributed by atoms with E-state index in [1.165, 1.54) is 12.1 Å². The number of H-pyrrole nitrogens is 1. The number of aromatic amines is 1. The fourth-order valence-corrected chi connectivity index (χ4v) is 4.15. The molecule has 1 amide bonds. The molecule has 0 bridgehead atoms. The number of carbonyl (C=O) groups excluding carboxylic acids is 1.